The molecule has 0 heterocycles. The second-order valence-corrected chi connectivity index (χ2v) is 4.68. The summed E-state index contributed by atoms with van der Waals surface area (Å²) >= 11 is 0. The van der Waals surface area contributed by atoms with Crippen molar-refractivity contribution in [2.45, 2.75) is 26.5 Å². The number of benzene rings is 1. The molecule has 96 valence electrons. The predicted molar refractivity (Wildman–Crippen MR) is 73.4 cm³/mol. The molecular formula is C14H24N2O. The van der Waals surface area contributed by atoms with Gasteiger partial charge >= 0.3 is 0 Å². The van der Waals surface area contributed by atoms with E-state index in [1.54, 1.807) is 0 Å². The van der Waals surface area contributed by atoms with Gasteiger partial charge in [-0.3, -0.25) is 0 Å². The average Bonchev–Trinajstić information content (AvgIpc) is 2.29. The minimum Gasteiger partial charge on any atom is -0.392 e. The third kappa shape index (κ3) is 3.72. The number of nitrogens with zero attached hydrogens (tertiary/aromatic N) is 2. The molecule has 0 saturated heterocycles. The van der Waals surface area contributed by atoms with Crippen molar-refractivity contribution in [1.82, 2.24) is 4.90 Å². The Bertz CT molecular complexity index is 339. The van der Waals surface area contributed by atoms with Gasteiger partial charge in [-0.05, 0) is 34.0 Å². The molecule has 0 aliphatic carbocycles. The fraction of sp³-hybridized carbons (Fsp3) is 0.571. The molecule has 0 fully saturated rings. The zero-order chi connectivity index (χ0) is 12.8. The van der Waals surface area contributed by atoms with E-state index >= 15 is 0 Å². The molecule has 0 radical (unpaired) electrons. The van der Waals surface area contributed by atoms with Crippen molar-refractivity contribution >= 4 is 5.69 Å². The Balaban J connectivity index is 2.92. The van der Waals surface area contributed by atoms with Gasteiger partial charge in [0.1, 0.15) is 0 Å². The van der Waals surface area contributed by atoms with Crippen LogP contribution in [0.1, 0.15) is 19.4 Å². The van der Waals surface area contributed by atoms with Crippen LogP contribution in [0.5, 0.6) is 0 Å². The maximum absolute atomic E-state index is 9.39. The zero-order valence-electron chi connectivity index (χ0n) is 11.3. The first-order valence-corrected chi connectivity index (χ1v) is 6.20. The summed E-state index contributed by atoms with van der Waals surface area (Å²) in [7, 11) is 4.17. The van der Waals surface area contributed by atoms with E-state index in [-0.39, 0.29) is 6.61 Å². The SMILES string of the molecule is CCN(c1ccccc1CO)C(C)CN(C)C. The number of hydrogen-bond donors (Lipinski definition) is 1. The largest absolute Gasteiger partial charge is 0.392 e. The summed E-state index contributed by atoms with van der Waals surface area (Å²) in [5, 5.41) is 9.39. The van der Waals surface area contributed by atoms with Gasteiger partial charge < -0.3 is 14.9 Å². The topological polar surface area (TPSA) is 26.7 Å². The smallest absolute Gasteiger partial charge is 0.0702 e. The lowest BCUT2D eigenvalue weighted by Crippen LogP contribution is -2.40. The molecule has 1 atom stereocenters. The first kappa shape index (κ1) is 14.0. The molecule has 0 spiro atoms. The molecule has 0 aromatic heterocycles. The Morgan fingerprint density at radius 1 is 1.24 bits per heavy atom. The van der Waals surface area contributed by atoms with Gasteiger partial charge in [-0.1, -0.05) is 18.2 Å². The van der Waals surface area contributed by atoms with E-state index in [0.29, 0.717) is 6.04 Å². The molecule has 1 aromatic carbocycles. The van der Waals surface area contributed by atoms with Gasteiger partial charge in [-0.25, -0.2) is 0 Å². The van der Waals surface area contributed by atoms with Crippen LogP contribution in [-0.4, -0.2) is 43.2 Å². The van der Waals surface area contributed by atoms with Crippen molar-refractivity contribution in [3.63, 3.8) is 0 Å². The van der Waals surface area contributed by atoms with Crippen LogP contribution in [0, 0.1) is 0 Å². The van der Waals surface area contributed by atoms with E-state index in [4.69, 9.17) is 0 Å². The van der Waals surface area contributed by atoms with E-state index in [9.17, 15) is 5.11 Å². The van der Waals surface area contributed by atoms with E-state index in [0.717, 1.165) is 24.3 Å². The van der Waals surface area contributed by atoms with Crippen molar-refractivity contribution < 1.29 is 5.11 Å². The molecule has 0 saturated carbocycles. The van der Waals surface area contributed by atoms with E-state index in [1.165, 1.54) is 0 Å². The van der Waals surface area contributed by atoms with Gasteiger partial charge in [0.05, 0.1) is 6.61 Å². The first-order chi connectivity index (χ1) is 8.10. The quantitative estimate of drug-likeness (QED) is 0.818. The Hall–Kier alpha value is -1.06. The number of anilines is 1. The Labute approximate surface area is 105 Å². The molecule has 3 heteroatoms. The number of aliphatic hydroxyl groups excluding tert-OH is 1. The Kier molecular flexibility index (Phi) is 5.45. The summed E-state index contributed by atoms with van der Waals surface area (Å²) in [6, 6.07) is 8.50. The van der Waals surface area contributed by atoms with Crippen LogP contribution in [0.25, 0.3) is 0 Å². The lowest BCUT2D eigenvalue weighted by atomic mass is 10.1. The highest BCUT2D eigenvalue weighted by atomic mass is 16.3. The molecule has 1 rings (SSSR count). The van der Waals surface area contributed by atoms with Crippen LogP contribution in [0.3, 0.4) is 0 Å². The fourth-order valence-corrected chi connectivity index (χ4v) is 2.27. The molecule has 0 aliphatic heterocycles. The Morgan fingerprint density at radius 3 is 2.41 bits per heavy atom. The fourth-order valence-electron chi connectivity index (χ4n) is 2.27. The van der Waals surface area contributed by atoms with Crippen molar-refractivity contribution in [2.24, 2.45) is 0 Å². The molecule has 1 unspecified atom stereocenters. The van der Waals surface area contributed by atoms with Gasteiger partial charge in [0.15, 0.2) is 0 Å². The maximum Gasteiger partial charge on any atom is 0.0702 e. The van der Waals surface area contributed by atoms with Crippen LogP contribution in [0.2, 0.25) is 0 Å². The molecule has 1 aromatic rings. The van der Waals surface area contributed by atoms with Crippen molar-refractivity contribution in [3.05, 3.63) is 29.8 Å². The molecule has 17 heavy (non-hydrogen) atoms. The summed E-state index contributed by atoms with van der Waals surface area (Å²) in [5.41, 5.74) is 2.15. The highest BCUT2D eigenvalue weighted by Crippen LogP contribution is 2.22. The third-order valence-electron chi connectivity index (χ3n) is 2.97. The first-order valence-electron chi connectivity index (χ1n) is 6.20. The molecular weight excluding hydrogens is 212 g/mol. The highest BCUT2D eigenvalue weighted by molar-refractivity contribution is 5.54. The minimum absolute atomic E-state index is 0.0986. The monoisotopic (exact) mass is 236 g/mol. The Morgan fingerprint density at radius 2 is 1.88 bits per heavy atom. The van der Waals surface area contributed by atoms with Crippen LogP contribution in [0.15, 0.2) is 24.3 Å². The number of rotatable bonds is 6. The molecule has 1 N–H and O–H groups in total. The summed E-state index contributed by atoms with van der Waals surface area (Å²) in [6.07, 6.45) is 0. The van der Waals surface area contributed by atoms with Gasteiger partial charge in [-0.15, -0.1) is 0 Å². The normalized spacial score (nSPS) is 12.8. The van der Waals surface area contributed by atoms with Gasteiger partial charge in [0.25, 0.3) is 0 Å². The summed E-state index contributed by atoms with van der Waals surface area (Å²) < 4.78 is 0. The summed E-state index contributed by atoms with van der Waals surface area (Å²) in [4.78, 5) is 4.53. The lowest BCUT2D eigenvalue weighted by molar-refractivity contribution is 0.281. The standard InChI is InChI=1S/C14H24N2O/c1-5-16(12(2)10-15(3)4)14-9-7-6-8-13(14)11-17/h6-9,12,17H,5,10-11H2,1-4H3. The number of likely N-dealkylation sites (N-methyl/N-ethyl adjacent to an activating group) is 2. The molecule has 3 nitrogen and oxygen atoms in total. The maximum atomic E-state index is 9.39. The van der Waals surface area contributed by atoms with Crippen molar-refractivity contribution in [1.29, 1.82) is 0 Å². The number of aliphatic hydroxyl groups is 1. The third-order valence-corrected chi connectivity index (χ3v) is 2.97. The number of hydrogen-bond acceptors (Lipinski definition) is 3. The second-order valence-electron chi connectivity index (χ2n) is 4.68. The van der Waals surface area contributed by atoms with Gasteiger partial charge in [0.2, 0.25) is 0 Å². The highest BCUT2D eigenvalue weighted by Gasteiger charge is 2.15. The van der Waals surface area contributed by atoms with E-state index < -0.39 is 0 Å². The van der Waals surface area contributed by atoms with E-state index in [2.05, 4.69) is 43.8 Å². The lowest BCUT2D eigenvalue weighted by Gasteiger charge is -2.33. The van der Waals surface area contributed by atoms with Gasteiger partial charge in [-0.2, -0.15) is 0 Å². The zero-order valence-corrected chi connectivity index (χ0v) is 11.3. The summed E-state index contributed by atoms with van der Waals surface area (Å²) in [5.74, 6) is 0. The van der Waals surface area contributed by atoms with Crippen molar-refractivity contribution in [3.8, 4) is 0 Å². The van der Waals surface area contributed by atoms with Crippen LogP contribution < -0.4 is 4.90 Å². The molecule has 0 aliphatic rings. The van der Waals surface area contributed by atoms with Gasteiger partial charge in [0, 0.05) is 30.4 Å². The molecule has 0 amide bonds. The van der Waals surface area contributed by atoms with E-state index in [1.807, 2.05) is 18.2 Å². The van der Waals surface area contributed by atoms with Crippen LogP contribution in [0.4, 0.5) is 5.69 Å². The minimum atomic E-state index is 0.0986. The predicted octanol–water partition coefficient (Wildman–Crippen LogP) is 1.96. The summed E-state index contributed by atoms with van der Waals surface area (Å²) in [6.45, 7) is 6.43. The van der Waals surface area contributed by atoms with Crippen molar-refractivity contribution in [2.75, 3.05) is 32.1 Å². The van der Waals surface area contributed by atoms with Crippen LogP contribution in [-0.2, 0) is 6.61 Å². The average molecular weight is 236 g/mol. The van der Waals surface area contributed by atoms with Crippen LogP contribution >= 0.6 is 0 Å². The second kappa shape index (κ2) is 6.62. The molecule has 0 bridgehead atoms. The number of para-hydroxylation sites is 1.